The Morgan fingerprint density at radius 2 is 2.33 bits per heavy atom. The number of tetrazole rings is 1. The molecule has 0 aliphatic heterocycles. The summed E-state index contributed by atoms with van der Waals surface area (Å²) < 4.78 is 17.9. The number of hydrogen-bond donors (Lipinski definition) is 1. The summed E-state index contributed by atoms with van der Waals surface area (Å²) in [4.78, 5) is 0. The second kappa shape index (κ2) is 4.22. The van der Waals surface area contributed by atoms with E-state index in [1.165, 1.54) is 18.2 Å². The number of H-pyrrole nitrogens is 1. The van der Waals surface area contributed by atoms with Crippen LogP contribution in [0.3, 0.4) is 0 Å². The molecule has 0 bridgehead atoms. The first-order valence-electron chi connectivity index (χ1n) is 4.06. The Hall–Kier alpha value is -1.69. The van der Waals surface area contributed by atoms with Crippen LogP contribution in [0.25, 0.3) is 0 Å². The summed E-state index contributed by atoms with van der Waals surface area (Å²) in [5.41, 5.74) is 0. The fraction of sp³-hybridized carbons (Fsp3) is 0.125. The molecule has 0 fully saturated rings. The Morgan fingerprint density at radius 3 is 3.00 bits per heavy atom. The number of benzene rings is 1. The number of ether oxygens (including phenoxy) is 1. The number of nitrogens with one attached hydrogen (secondary N) is 1. The van der Waals surface area contributed by atoms with Crippen molar-refractivity contribution in [2.45, 2.75) is 6.61 Å². The highest BCUT2D eigenvalue weighted by Crippen LogP contribution is 2.25. The largest absolute Gasteiger partial charge is 0.484 e. The van der Waals surface area contributed by atoms with Crippen molar-refractivity contribution < 1.29 is 9.13 Å². The molecule has 7 heteroatoms. The summed E-state index contributed by atoms with van der Waals surface area (Å²) in [6, 6.07) is 3.88. The predicted octanol–water partition coefficient (Wildman–Crippen LogP) is 1.57. The molecular formula is C8H6ClFN4O. The zero-order valence-corrected chi connectivity index (χ0v) is 8.20. The van der Waals surface area contributed by atoms with Crippen LogP contribution in [-0.2, 0) is 6.61 Å². The van der Waals surface area contributed by atoms with Gasteiger partial charge in [0.2, 0.25) is 5.82 Å². The summed E-state index contributed by atoms with van der Waals surface area (Å²) in [6.45, 7) is 0.127. The molecule has 0 spiro atoms. The minimum absolute atomic E-state index is 0.127. The van der Waals surface area contributed by atoms with Crippen molar-refractivity contribution >= 4 is 11.6 Å². The zero-order chi connectivity index (χ0) is 10.7. The van der Waals surface area contributed by atoms with Crippen LogP contribution in [0.5, 0.6) is 5.75 Å². The summed E-state index contributed by atoms with van der Waals surface area (Å²) >= 11 is 5.74. The van der Waals surface area contributed by atoms with Gasteiger partial charge in [0.05, 0.1) is 5.02 Å². The van der Waals surface area contributed by atoms with E-state index >= 15 is 0 Å². The molecule has 1 N–H and O–H groups in total. The monoisotopic (exact) mass is 228 g/mol. The molecular weight excluding hydrogens is 223 g/mol. The zero-order valence-electron chi connectivity index (χ0n) is 7.44. The van der Waals surface area contributed by atoms with Crippen LogP contribution >= 0.6 is 11.6 Å². The van der Waals surface area contributed by atoms with Crippen molar-refractivity contribution in [2.75, 3.05) is 0 Å². The SMILES string of the molecule is Fc1ccc(OCc2nn[nH]n2)c(Cl)c1. The van der Waals surface area contributed by atoms with Crippen LogP contribution in [0.4, 0.5) is 4.39 Å². The average molecular weight is 229 g/mol. The van der Waals surface area contributed by atoms with Gasteiger partial charge < -0.3 is 4.74 Å². The highest BCUT2D eigenvalue weighted by atomic mass is 35.5. The topological polar surface area (TPSA) is 63.7 Å². The van der Waals surface area contributed by atoms with Crippen molar-refractivity contribution in [3.63, 3.8) is 0 Å². The fourth-order valence-corrected chi connectivity index (χ4v) is 1.20. The molecule has 15 heavy (non-hydrogen) atoms. The summed E-state index contributed by atoms with van der Waals surface area (Å²) in [5.74, 6) is 0.366. The quantitative estimate of drug-likeness (QED) is 0.866. The van der Waals surface area contributed by atoms with E-state index in [-0.39, 0.29) is 11.6 Å². The Labute approximate surface area is 89.2 Å². The Morgan fingerprint density at radius 1 is 1.47 bits per heavy atom. The highest BCUT2D eigenvalue weighted by molar-refractivity contribution is 6.32. The summed E-state index contributed by atoms with van der Waals surface area (Å²) in [6.07, 6.45) is 0. The molecule has 1 heterocycles. The Balaban J connectivity index is 2.05. The molecule has 1 aromatic carbocycles. The third kappa shape index (κ3) is 2.41. The number of rotatable bonds is 3. The molecule has 0 saturated heterocycles. The minimum Gasteiger partial charge on any atom is -0.484 e. The molecule has 0 amide bonds. The molecule has 5 nitrogen and oxygen atoms in total. The van der Waals surface area contributed by atoms with E-state index < -0.39 is 5.82 Å². The molecule has 78 valence electrons. The van der Waals surface area contributed by atoms with Gasteiger partial charge in [-0.05, 0) is 18.2 Å². The first-order chi connectivity index (χ1) is 7.25. The van der Waals surface area contributed by atoms with Gasteiger partial charge >= 0.3 is 0 Å². The van der Waals surface area contributed by atoms with Crippen LogP contribution in [0.15, 0.2) is 18.2 Å². The normalized spacial score (nSPS) is 10.3. The molecule has 0 aliphatic carbocycles. The van der Waals surface area contributed by atoms with E-state index in [4.69, 9.17) is 16.3 Å². The number of nitrogens with zero attached hydrogens (tertiary/aromatic N) is 3. The van der Waals surface area contributed by atoms with Crippen LogP contribution in [-0.4, -0.2) is 20.6 Å². The first-order valence-corrected chi connectivity index (χ1v) is 4.43. The van der Waals surface area contributed by atoms with Crippen molar-refractivity contribution in [3.05, 3.63) is 34.9 Å². The lowest BCUT2D eigenvalue weighted by Gasteiger charge is -2.04. The van der Waals surface area contributed by atoms with E-state index in [9.17, 15) is 4.39 Å². The van der Waals surface area contributed by atoms with Gasteiger partial charge in [0, 0.05) is 0 Å². The molecule has 1 aromatic heterocycles. The fourth-order valence-electron chi connectivity index (χ4n) is 0.978. The minimum atomic E-state index is -0.410. The van der Waals surface area contributed by atoms with Crippen molar-refractivity contribution in [3.8, 4) is 5.75 Å². The maximum Gasteiger partial charge on any atom is 0.211 e. The van der Waals surface area contributed by atoms with Gasteiger partial charge in [-0.2, -0.15) is 5.21 Å². The van der Waals surface area contributed by atoms with E-state index in [0.717, 1.165) is 0 Å². The van der Waals surface area contributed by atoms with Crippen molar-refractivity contribution in [1.82, 2.24) is 20.6 Å². The van der Waals surface area contributed by atoms with Crippen LogP contribution < -0.4 is 4.74 Å². The van der Waals surface area contributed by atoms with Gasteiger partial charge in [-0.3, -0.25) is 0 Å². The van der Waals surface area contributed by atoms with E-state index in [1.807, 2.05) is 0 Å². The predicted molar refractivity (Wildman–Crippen MR) is 49.9 cm³/mol. The lowest BCUT2D eigenvalue weighted by molar-refractivity contribution is 0.295. The van der Waals surface area contributed by atoms with Gasteiger partial charge in [0.15, 0.2) is 6.61 Å². The van der Waals surface area contributed by atoms with Gasteiger partial charge in [0.25, 0.3) is 0 Å². The molecule has 2 rings (SSSR count). The van der Waals surface area contributed by atoms with Crippen LogP contribution in [0, 0.1) is 5.82 Å². The molecule has 0 unspecified atom stereocenters. The highest BCUT2D eigenvalue weighted by Gasteiger charge is 2.05. The Kier molecular flexibility index (Phi) is 2.77. The van der Waals surface area contributed by atoms with Crippen LogP contribution in [0.2, 0.25) is 5.02 Å². The molecule has 2 aromatic rings. The van der Waals surface area contributed by atoms with Gasteiger partial charge in [-0.1, -0.05) is 16.8 Å². The first kappa shape index (κ1) is 9.85. The van der Waals surface area contributed by atoms with E-state index in [0.29, 0.717) is 11.6 Å². The smallest absolute Gasteiger partial charge is 0.211 e. The average Bonchev–Trinajstić information content (AvgIpc) is 2.69. The standard InChI is InChI=1S/C8H6ClFN4O/c9-6-3-5(10)1-2-7(6)15-4-8-11-13-14-12-8/h1-3H,4H2,(H,11,12,13,14). The Bertz CT molecular complexity index is 448. The van der Waals surface area contributed by atoms with Crippen molar-refractivity contribution in [2.24, 2.45) is 0 Å². The lowest BCUT2D eigenvalue weighted by Crippen LogP contribution is -1.98. The maximum absolute atomic E-state index is 12.7. The summed E-state index contributed by atoms with van der Waals surface area (Å²) in [7, 11) is 0. The maximum atomic E-state index is 12.7. The van der Waals surface area contributed by atoms with Gasteiger partial charge in [0.1, 0.15) is 11.6 Å². The summed E-state index contributed by atoms with van der Waals surface area (Å²) in [5, 5.41) is 13.2. The second-order valence-corrected chi connectivity index (χ2v) is 3.10. The number of aromatic nitrogens is 4. The molecule has 0 aliphatic rings. The third-order valence-electron chi connectivity index (χ3n) is 1.64. The van der Waals surface area contributed by atoms with Gasteiger partial charge in [-0.15, -0.1) is 10.2 Å². The molecule has 0 atom stereocenters. The van der Waals surface area contributed by atoms with E-state index in [2.05, 4.69) is 20.6 Å². The third-order valence-corrected chi connectivity index (χ3v) is 1.94. The van der Waals surface area contributed by atoms with E-state index in [1.54, 1.807) is 0 Å². The lowest BCUT2D eigenvalue weighted by atomic mass is 10.3. The van der Waals surface area contributed by atoms with Crippen molar-refractivity contribution in [1.29, 1.82) is 0 Å². The van der Waals surface area contributed by atoms with Gasteiger partial charge in [-0.25, -0.2) is 4.39 Å². The second-order valence-electron chi connectivity index (χ2n) is 2.69. The number of hydrogen-bond acceptors (Lipinski definition) is 4. The van der Waals surface area contributed by atoms with Crippen LogP contribution in [0.1, 0.15) is 5.82 Å². The number of aromatic amines is 1. The number of halogens is 2. The molecule has 0 saturated carbocycles. The molecule has 0 radical (unpaired) electrons.